The van der Waals surface area contributed by atoms with Gasteiger partial charge in [-0.3, -0.25) is 0 Å². The third kappa shape index (κ3) is 7.64. The topological polar surface area (TPSA) is 94.1 Å². The number of pyridine rings is 1. The molecule has 0 saturated carbocycles. The minimum absolute atomic E-state index is 0.269. The molecule has 1 atom stereocenters. The second kappa shape index (κ2) is 12.6. The van der Waals surface area contributed by atoms with E-state index in [9.17, 15) is 12.8 Å². The molecule has 0 saturated heterocycles. The molecule has 1 N–H and O–H groups in total. The summed E-state index contributed by atoms with van der Waals surface area (Å²) in [7, 11) is -2.89. The fraction of sp³-hybridized carbons (Fsp3) is 0.167. The summed E-state index contributed by atoms with van der Waals surface area (Å²) in [5.74, 6) is 1.38. The second-order valence-corrected chi connectivity index (χ2v) is 14.5. The van der Waals surface area contributed by atoms with Crippen molar-refractivity contribution in [3.63, 3.8) is 0 Å². The zero-order valence-electron chi connectivity index (χ0n) is 21.8. The Morgan fingerprint density at radius 2 is 1.62 bits per heavy atom. The van der Waals surface area contributed by atoms with Gasteiger partial charge >= 0.3 is 171 Å². The quantitative estimate of drug-likeness (QED) is 0.153. The predicted molar refractivity (Wildman–Crippen MR) is 159 cm³/mol. The Labute approximate surface area is 239 Å². The molecule has 2 aromatic heterocycles. The maximum absolute atomic E-state index is 13.1. The van der Waals surface area contributed by atoms with E-state index in [1.807, 2.05) is 42.5 Å². The Hall–Kier alpha value is -3.81. The van der Waals surface area contributed by atoms with Crippen molar-refractivity contribution in [2.45, 2.75) is 17.0 Å². The van der Waals surface area contributed by atoms with Crippen LogP contribution in [0.1, 0.15) is 11.1 Å². The number of sulfone groups is 1. The van der Waals surface area contributed by atoms with Crippen LogP contribution in [0.25, 0.3) is 22.2 Å². The molecule has 5 aromatic rings. The van der Waals surface area contributed by atoms with Gasteiger partial charge in [-0.15, -0.1) is 0 Å². The summed E-state index contributed by atoms with van der Waals surface area (Å²) in [6, 6.07) is 24.1. The first-order chi connectivity index (χ1) is 19.3. The van der Waals surface area contributed by atoms with E-state index in [0.717, 1.165) is 43.8 Å². The number of hydrogen-bond donors (Lipinski definition) is 1. The van der Waals surface area contributed by atoms with Crippen molar-refractivity contribution >= 4 is 48.0 Å². The van der Waals surface area contributed by atoms with Gasteiger partial charge in [-0.05, 0) is 29.8 Å². The zero-order valence-corrected chi connectivity index (χ0v) is 24.8. The van der Waals surface area contributed by atoms with E-state index in [-0.39, 0.29) is 27.3 Å². The van der Waals surface area contributed by atoms with E-state index in [4.69, 9.17) is 4.74 Å². The number of ether oxygens (including phenoxy) is 1. The summed E-state index contributed by atoms with van der Waals surface area (Å²) in [5, 5.41) is 5.96. The van der Waals surface area contributed by atoms with Crippen LogP contribution in [-0.4, -0.2) is 51.1 Å². The molecule has 0 bridgehead atoms. The number of benzene rings is 3. The van der Waals surface area contributed by atoms with Crippen molar-refractivity contribution in [2.75, 3.05) is 17.3 Å². The number of fused-ring (bicyclic) bond motifs is 1. The molecule has 40 heavy (non-hydrogen) atoms. The van der Waals surface area contributed by atoms with Crippen LogP contribution < -0.4 is 10.1 Å². The van der Waals surface area contributed by atoms with Crippen molar-refractivity contribution < 1.29 is 17.5 Å². The van der Waals surface area contributed by atoms with Crippen LogP contribution >= 0.6 is 0 Å². The molecular formula is C30H28AsFN4O3S. The van der Waals surface area contributed by atoms with Gasteiger partial charge in [0.2, 0.25) is 0 Å². The Balaban J connectivity index is 1.25. The van der Waals surface area contributed by atoms with Gasteiger partial charge in [-0.2, -0.15) is 0 Å². The molecule has 204 valence electrons. The summed E-state index contributed by atoms with van der Waals surface area (Å²) < 4.78 is 41.6. The van der Waals surface area contributed by atoms with Gasteiger partial charge in [0.15, 0.2) is 0 Å². The number of hydrogen-bond acceptors (Lipinski definition) is 7. The van der Waals surface area contributed by atoms with Gasteiger partial charge in [0.1, 0.15) is 18.2 Å². The molecule has 1 unspecified atom stereocenters. The van der Waals surface area contributed by atoms with Crippen LogP contribution in [0.2, 0.25) is 5.21 Å². The molecule has 0 fully saturated rings. The fourth-order valence-electron chi connectivity index (χ4n) is 4.02. The average Bonchev–Trinajstić information content (AvgIpc) is 2.96. The van der Waals surface area contributed by atoms with Crippen LogP contribution in [0, 0.1) is 5.82 Å². The van der Waals surface area contributed by atoms with E-state index in [1.165, 1.54) is 30.3 Å². The minimum atomic E-state index is -2.89. The summed E-state index contributed by atoms with van der Waals surface area (Å²) in [6.45, 7) is 0.352. The van der Waals surface area contributed by atoms with E-state index in [1.54, 1.807) is 18.3 Å². The van der Waals surface area contributed by atoms with E-state index >= 15 is 0 Å². The zero-order chi connectivity index (χ0) is 28.0. The van der Waals surface area contributed by atoms with Gasteiger partial charge in [-0.25, -0.2) is 4.39 Å². The van der Waals surface area contributed by atoms with E-state index in [2.05, 4.69) is 32.4 Å². The van der Waals surface area contributed by atoms with Gasteiger partial charge in [0.05, 0.1) is 0 Å². The molecule has 0 aliphatic carbocycles. The maximum atomic E-state index is 13.1. The number of aromatic nitrogens is 3. The molecule has 3 aromatic carbocycles. The molecule has 0 aliphatic heterocycles. The van der Waals surface area contributed by atoms with Crippen LogP contribution in [0.5, 0.6) is 5.75 Å². The molecule has 5 rings (SSSR count). The first kappa shape index (κ1) is 27.7. The molecule has 10 heteroatoms. The van der Waals surface area contributed by atoms with Crippen molar-refractivity contribution in [1.82, 2.24) is 15.0 Å². The van der Waals surface area contributed by atoms with Crippen LogP contribution in [0.3, 0.4) is 0 Å². The molecule has 0 amide bonds. The molecule has 7 nitrogen and oxygen atoms in total. The summed E-state index contributed by atoms with van der Waals surface area (Å²) in [6.07, 6.45) is 4.55. The fourth-order valence-corrected chi connectivity index (χ4v) is 9.25. The predicted octanol–water partition coefficient (Wildman–Crippen LogP) is 5.55. The molecule has 2 heterocycles. The van der Waals surface area contributed by atoms with E-state index in [0.29, 0.717) is 18.2 Å². The molecule has 0 aliphatic rings. The van der Waals surface area contributed by atoms with Gasteiger partial charge in [0, 0.05) is 0 Å². The Morgan fingerprint density at radius 3 is 2.35 bits per heavy atom. The second-order valence-electron chi connectivity index (χ2n) is 9.38. The standard InChI is InChI=1S/C30H28AsFN4O3S/c1-40(37,38)15-14-31-17-21-2-6-23(7-3-21)28-16-27-29(18-33-28)34-20-35-30(27)36-25-10-12-26(13-11-25)39-19-22-4-8-24(32)9-5-22/h2-13,16,18,20,31H,14-15,17,19H2,1H3,(H,34,35,36). The molecular weight excluding hydrogens is 590 g/mol. The Kier molecular flexibility index (Phi) is 8.72. The Morgan fingerprint density at radius 1 is 0.900 bits per heavy atom. The third-order valence-corrected chi connectivity index (χ3v) is 10.5. The monoisotopic (exact) mass is 618 g/mol. The van der Waals surface area contributed by atoms with Crippen molar-refractivity contribution in [2.24, 2.45) is 0 Å². The number of nitrogens with zero attached hydrogens (tertiary/aromatic N) is 3. The number of rotatable bonds is 11. The summed E-state index contributed by atoms with van der Waals surface area (Å²) >= 11 is -0.334. The SMILES string of the molecule is CS(=O)(=O)CC[AsH]Cc1ccc(-c2cc3c(Nc4ccc(OCc5ccc(F)cc5)cc4)ncnc3cn2)cc1. The molecule has 0 spiro atoms. The van der Waals surface area contributed by atoms with Crippen molar-refractivity contribution in [1.29, 1.82) is 0 Å². The van der Waals surface area contributed by atoms with Gasteiger partial charge in [-0.1, -0.05) is 12.1 Å². The third-order valence-electron chi connectivity index (χ3n) is 6.19. The van der Waals surface area contributed by atoms with Crippen LogP contribution in [-0.2, 0) is 21.7 Å². The number of halogens is 1. The number of anilines is 2. The van der Waals surface area contributed by atoms with Gasteiger partial charge in [0.25, 0.3) is 0 Å². The van der Waals surface area contributed by atoms with Crippen LogP contribution in [0.15, 0.2) is 91.4 Å². The van der Waals surface area contributed by atoms with Crippen molar-refractivity contribution in [3.05, 3.63) is 108 Å². The first-order valence-corrected chi connectivity index (χ1v) is 17.7. The van der Waals surface area contributed by atoms with Crippen LogP contribution in [0.4, 0.5) is 15.9 Å². The van der Waals surface area contributed by atoms with Gasteiger partial charge < -0.3 is 4.74 Å². The Bertz CT molecular complexity index is 1700. The summed E-state index contributed by atoms with van der Waals surface area (Å²) in [5.41, 5.74) is 5.48. The number of nitrogens with one attached hydrogen (secondary N) is 1. The average molecular weight is 619 g/mol. The molecule has 0 radical (unpaired) electrons. The summed E-state index contributed by atoms with van der Waals surface area (Å²) in [4.78, 5) is 13.4. The normalized spacial score (nSPS) is 11.8. The van der Waals surface area contributed by atoms with E-state index < -0.39 is 9.84 Å². The first-order valence-electron chi connectivity index (χ1n) is 12.7. The van der Waals surface area contributed by atoms with Crippen molar-refractivity contribution in [3.8, 4) is 17.0 Å².